The van der Waals surface area contributed by atoms with Gasteiger partial charge in [0, 0.05) is 19.3 Å². The third-order valence-corrected chi connectivity index (χ3v) is 12.7. The first kappa shape index (κ1) is 69.1. The highest BCUT2D eigenvalue weighted by Gasteiger charge is 2.19. The van der Waals surface area contributed by atoms with Gasteiger partial charge in [0.1, 0.15) is 13.2 Å². The molecule has 0 rings (SSSR count). The molecule has 0 radical (unpaired) electrons. The predicted molar refractivity (Wildman–Crippen MR) is 316 cm³/mol. The number of carbonyl (C=O) groups is 3. The summed E-state index contributed by atoms with van der Waals surface area (Å²) < 4.78 is 16.8. The summed E-state index contributed by atoms with van der Waals surface area (Å²) in [6.45, 7) is 6.45. The number of ether oxygens (including phenoxy) is 3. The van der Waals surface area contributed by atoms with Crippen LogP contribution < -0.4 is 0 Å². The van der Waals surface area contributed by atoms with E-state index in [2.05, 4.69) is 130 Å². The van der Waals surface area contributed by atoms with Gasteiger partial charge < -0.3 is 14.2 Å². The maximum atomic E-state index is 12.8. The van der Waals surface area contributed by atoms with Gasteiger partial charge in [0.2, 0.25) is 0 Å². The monoisotopic (exact) mass is 1010 g/mol. The zero-order valence-electron chi connectivity index (χ0n) is 47.6. The second-order valence-corrected chi connectivity index (χ2v) is 19.9. The largest absolute Gasteiger partial charge is 0.462 e. The van der Waals surface area contributed by atoms with E-state index in [1.807, 2.05) is 0 Å². The molecule has 0 aromatic rings. The lowest BCUT2D eigenvalue weighted by molar-refractivity contribution is -0.167. The van der Waals surface area contributed by atoms with E-state index in [4.69, 9.17) is 14.2 Å². The van der Waals surface area contributed by atoms with Crippen LogP contribution in [0.2, 0.25) is 0 Å². The van der Waals surface area contributed by atoms with Crippen LogP contribution in [0.4, 0.5) is 0 Å². The molecule has 0 saturated carbocycles. The Morgan fingerprint density at radius 3 is 0.904 bits per heavy atom. The van der Waals surface area contributed by atoms with Crippen molar-refractivity contribution in [2.24, 2.45) is 0 Å². The Morgan fingerprint density at radius 1 is 0.288 bits per heavy atom. The fourth-order valence-electron chi connectivity index (χ4n) is 8.23. The lowest BCUT2D eigenvalue weighted by atomic mass is 10.0. The molecule has 416 valence electrons. The summed E-state index contributed by atoms with van der Waals surface area (Å²) in [7, 11) is 0. The van der Waals surface area contributed by atoms with Crippen molar-refractivity contribution in [1.29, 1.82) is 0 Å². The molecule has 0 fully saturated rings. The average molecular weight is 1010 g/mol. The van der Waals surface area contributed by atoms with Crippen molar-refractivity contribution in [3.05, 3.63) is 109 Å². The van der Waals surface area contributed by atoms with Crippen LogP contribution >= 0.6 is 0 Å². The summed E-state index contributed by atoms with van der Waals surface area (Å²) >= 11 is 0. The van der Waals surface area contributed by atoms with Crippen LogP contribution in [-0.4, -0.2) is 37.2 Å². The van der Waals surface area contributed by atoms with E-state index in [1.165, 1.54) is 103 Å². The molecular weight excluding hydrogens is 901 g/mol. The van der Waals surface area contributed by atoms with Gasteiger partial charge in [-0.05, 0) is 103 Å². The minimum atomic E-state index is -0.786. The maximum Gasteiger partial charge on any atom is 0.306 e. The van der Waals surface area contributed by atoms with Crippen molar-refractivity contribution < 1.29 is 28.6 Å². The number of rotatable bonds is 54. The van der Waals surface area contributed by atoms with Gasteiger partial charge in [-0.1, -0.05) is 265 Å². The third-order valence-electron chi connectivity index (χ3n) is 12.7. The van der Waals surface area contributed by atoms with Gasteiger partial charge >= 0.3 is 17.9 Å². The SMILES string of the molecule is CC/C=C\C/C=C\C/C=C\C/C=C\C/C=C\C/C=C\C/C=C\C/C=C\CCCCCCCCC(=O)OCC(COC(=O)CCCCCCC/C=C\CCC)OC(=O)CCCCCCCCCCCCCCCC. The summed E-state index contributed by atoms with van der Waals surface area (Å²) in [5, 5.41) is 0. The number of carbonyl (C=O) groups excluding carboxylic acids is 3. The van der Waals surface area contributed by atoms with Gasteiger partial charge in [0.05, 0.1) is 0 Å². The van der Waals surface area contributed by atoms with Crippen LogP contribution in [0.15, 0.2) is 109 Å². The first-order valence-electron chi connectivity index (χ1n) is 30.4. The van der Waals surface area contributed by atoms with Crippen molar-refractivity contribution in [3.8, 4) is 0 Å². The molecule has 0 aromatic carbocycles. The summed E-state index contributed by atoms with van der Waals surface area (Å²) in [6, 6.07) is 0. The number of hydrogen-bond donors (Lipinski definition) is 0. The Balaban J connectivity index is 4.25. The maximum absolute atomic E-state index is 12.8. The smallest absolute Gasteiger partial charge is 0.306 e. The van der Waals surface area contributed by atoms with E-state index in [0.29, 0.717) is 19.3 Å². The second kappa shape index (κ2) is 60.6. The molecule has 0 spiro atoms. The second-order valence-electron chi connectivity index (χ2n) is 19.9. The van der Waals surface area contributed by atoms with Crippen molar-refractivity contribution in [1.82, 2.24) is 0 Å². The molecule has 6 nitrogen and oxygen atoms in total. The molecule has 0 heterocycles. The van der Waals surface area contributed by atoms with Crippen LogP contribution in [-0.2, 0) is 28.6 Å². The number of allylic oxidation sites excluding steroid dienone is 18. The number of esters is 3. The van der Waals surface area contributed by atoms with E-state index in [-0.39, 0.29) is 31.1 Å². The molecular formula is C67H112O6. The van der Waals surface area contributed by atoms with Crippen molar-refractivity contribution in [2.75, 3.05) is 13.2 Å². The van der Waals surface area contributed by atoms with Gasteiger partial charge in [-0.25, -0.2) is 0 Å². The summed E-state index contributed by atoms with van der Waals surface area (Å²) in [5.41, 5.74) is 0. The van der Waals surface area contributed by atoms with E-state index >= 15 is 0 Å². The standard InChI is InChI=1S/C67H112O6/c1-4-7-10-13-16-19-22-24-26-27-28-29-30-31-32-33-34-35-36-37-38-39-40-41-42-44-45-48-51-54-57-60-66(69)72-63-64(62-71-65(68)59-56-53-50-47-21-18-15-12-9-6-3)73-67(70)61-58-55-52-49-46-43-25-23-20-17-14-11-8-5-2/h7,10,12,15-16,19,24,26,28-29,31-32,34-35,37-38,40-41,64H,4-6,8-9,11,13-14,17-18,20-23,25,27,30,33,36,39,42-63H2,1-3H3/b10-7-,15-12-,19-16-,26-24-,29-28-,32-31-,35-34-,38-37-,41-40-. The van der Waals surface area contributed by atoms with Gasteiger partial charge in [-0.2, -0.15) is 0 Å². The molecule has 73 heavy (non-hydrogen) atoms. The van der Waals surface area contributed by atoms with Crippen LogP contribution in [0.25, 0.3) is 0 Å². The molecule has 1 atom stereocenters. The van der Waals surface area contributed by atoms with Crippen LogP contribution in [0, 0.1) is 0 Å². The Kier molecular flexibility index (Phi) is 57.4. The van der Waals surface area contributed by atoms with Crippen molar-refractivity contribution >= 4 is 17.9 Å². The first-order valence-corrected chi connectivity index (χ1v) is 30.4. The summed E-state index contributed by atoms with van der Waals surface area (Å²) in [4.78, 5) is 38.1. The van der Waals surface area contributed by atoms with Crippen LogP contribution in [0.1, 0.15) is 278 Å². The van der Waals surface area contributed by atoms with Crippen molar-refractivity contribution in [3.63, 3.8) is 0 Å². The first-order chi connectivity index (χ1) is 36.0. The number of unbranched alkanes of at least 4 members (excludes halogenated alkanes) is 25. The van der Waals surface area contributed by atoms with E-state index in [0.717, 1.165) is 135 Å². The highest BCUT2D eigenvalue weighted by molar-refractivity contribution is 5.71. The van der Waals surface area contributed by atoms with E-state index in [1.54, 1.807) is 0 Å². The highest BCUT2D eigenvalue weighted by Crippen LogP contribution is 2.15. The molecule has 0 bridgehead atoms. The van der Waals surface area contributed by atoms with Gasteiger partial charge in [-0.3, -0.25) is 14.4 Å². The Morgan fingerprint density at radius 2 is 0.562 bits per heavy atom. The van der Waals surface area contributed by atoms with E-state index in [9.17, 15) is 14.4 Å². The zero-order chi connectivity index (χ0) is 52.9. The molecule has 1 unspecified atom stereocenters. The van der Waals surface area contributed by atoms with Crippen LogP contribution in [0.5, 0.6) is 0 Å². The summed E-state index contributed by atoms with van der Waals surface area (Å²) in [6.07, 6.45) is 82.4. The lowest BCUT2D eigenvalue weighted by Gasteiger charge is -2.18. The van der Waals surface area contributed by atoms with Crippen molar-refractivity contribution in [2.45, 2.75) is 284 Å². The van der Waals surface area contributed by atoms with Gasteiger partial charge in [0.25, 0.3) is 0 Å². The van der Waals surface area contributed by atoms with Crippen LogP contribution in [0.3, 0.4) is 0 Å². The molecule has 0 amide bonds. The lowest BCUT2D eigenvalue weighted by Crippen LogP contribution is -2.30. The fraction of sp³-hybridized carbons (Fsp3) is 0.687. The number of hydrogen-bond acceptors (Lipinski definition) is 6. The average Bonchev–Trinajstić information content (AvgIpc) is 3.39. The predicted octanol–water partition coefficient (Wildman–Crippen LogP) is 20.7. The minimum absolute atomic E-state index is 0.0857. The fourth-order valence-corrected chi connectivity index (χ4v) is 8.23. The Bertz CT molecular complexity index is 1490. The molecule has 6 heteroatoms. The van der Waals surface area contributed by atoms with Gasteiger partial charge in [0.15, 0.2) is 6.10 Å². The summed E-state index contributed by atoms with van der Waals surface area (Å²) in [5.74, 6) is -0.907. The molecule has 0 saturated heterocycles. The van der Waals surface area contributed by atoms with Gasteiger partial charge in [-0.15, -0.1) is 0 Å². The molecule has 0 aromatic heterocycles. The molecule has 0 N–H and O–H groups in total. The third kappa shape index (κ3) is 58.8. The molecule has 0 aliphatic carbocycles. The quantitative estimate of drug-likeness (QED) is 0.0261. The Hall–Kier alpha value is -3.93. The molecule has 0 aliphatic rings. The normalized spacial score (nSPS) is 12.9. The topological polar surface area (TPSA) is 78.9 Å². The zero-order valence-corrected chi connectivity index (χ0v) is 47.6. The molecule has 0 aliphatic heterocycles. The van der Waals surface area contributed by atoms with E-state index < -0.39 is 6.10 Å². The highest BCUT2D eigenvalue weighted by atomic mass is 16.6. The Labute approximate surface area is 450 Å². The minimum Gasteiger partial charge on any atom is -0.462 e.